The van der Waals surface area contributed by atoms with Gasteiger partial charge in [0.2, 0.25) is 0 Å². The van der Waals surface area contributed by atoms with Crippen molar-refractivity contribution in [2.75, 3.05) is 18.1 Å². The van der Waals surface area contributed by atoms with Gasteiger partial charge in [0.15, 0.2) is 0 Å². The van der Waals surface area contributed by atoms with Gasteiger partial charge < -0.3 is 9.64 Å². The van der Waals surface area contributed by atoms with Crippen molar-refractivity contribution in [3.63, 3.8) is 0 Å². The third-order valence-electron chi connectivity index (χ3n) is 2.74. The van der Waals surface area contributed by atoms with E-state index in [0.29, 0.717) is 6.04 Å². The van der Waals surface area contributed by atoms with E-state index in [2.05, 4.69) is 28.7 Å². The minimum Gasteiger partial charge on any atom is -0.375 e. The van der Waals surface area contributed by atoms with Gasteiger partial charge in [-0.05, 0) is 19.9 Å². The van der Waals surface area contributed by atoms with E-state index in [1.165, 1.54) is 0 Å². The summed E-state index contributed by atoms with van der Waals surface area (Å²) in [5.41, 5.74) is 0. The van der Waals surface area contributed by atoms with Gasteiger partial charge in [-0.3, -0.25) is 0 Å². The second kappa shape index (κ2) is 3.92. The van der Waals surface area contributed by atoms with Crippen molar-refractivity contribution in [1.82, 2.24) is 9.97 Å². The highest BCUT2D eigenvalue weighted by atomic mass is 16.5. The van der Waals surface area contributed by atoms with Crippen molar-refractivity contribution >= 4 is 5.82 Å². The molecular formula is C10H15N3O. The molecule has 1 aromatic rings. The second-order valence-electron chi connectivity index (χ2n) is 3.58. The molecule has 0 aliphatic carbocycles. The molecule has 1 aliphatic heterocycles. The Morgan fingerprint density at radius 2 is 2.36 bits per heavy atom. The van der Waals surface area contributed by atoms with Gasteiger partial charge in [0.05, 0.1) is 18.8 Å². The maximum atomic E-state index is 5.56. The van der Waals surface area contributed by atoms with E-state index in [1.54, 1.807) is 12.5 Å². The molecule has 1 fully saturated rings. The normalized spacial score (nSPS) is 27.7. The van der Waals surface area contributed by atoms with Crippen LogP contribution in [0, 0.1) is 0 Å². The molecule has 0 radical (unpaired) electrons. The van der Waals surface area contributed by atoms with E-state index in [-0.39, 0.29) is 6.10 Å². The van der Waals surface area contributed by atoms with Crippen molar-refractivity contribution in [3.8, 4) is 0 Å². The van der Waals surface area contributed by atoms with E-state index >= 15 is 0 Å². The Bertz CT molecular complexity index is 291. The number of nitrogens with zero attached hydrogens (tertiary/aromatic N) is 3. The fourth-order valence-corrected chi connectivity index (χ4v) is 1.71. The van der Waals surface area contributed by atoms with Gasteiger partial charge in [0.1, 0.15) is 12.1 Å². The lowest BCUT2D eigenvalue weighted by Gasteiger charge is -2.38. The average Bonchev–Trinajstić information content (AvgIpc) is 2.23. The van der Waals surface area contributed by atoms with Gasteiger partial charge in [-0.2, -0.15) is 0 Å². The number of rotatable bonds is 1. The maximum Gasteiger partial charge on any atom is 0.132 e. The van der Waals surface area contributed by atoms with E-state index in [9.17, 15) is 0 Å². The van der Waals surface area contributed by atoms with Gasteiger partial charge in [-0.25, -0.2) is 9.97 Å². The van der Waals surface area contributed by atoms with E-state index in [1.807, 2.05) is 6.07 Å². The largest absolute Gasteiger partial charge is 0.375 e. The highest BCUT2D eigenvalue weighted by Gasteiger charge is 2.25. The number of ether oxygens (including phenoxy) is 1. The van der Waals surface area contributed by atoms with E-state index < -0.39 is 0 Å². The van der Waals surface area contributed by atoms with Crippen molar-refractivity contribution in [2.24, 2.45) is 0 Å². The number of morpholine rings is 1. The van der Waals surface area contributed by atoms with Gasteiger partial charge in [-0.15, -0.1) is 0 Å². The zero-order valence-electron chi connectivity index (χ0n) is 8.55. The lowest BCUT2D eigenvalue weighted by Crippen LogP contribution is -2.48. The summed E-state index contributed by atoms with van der Waals surface area (Å²) in [7, 11) is 0. The minimum atomic E-state index is 0.263. The van der Waals surface area contributed by atoms with E-state index in [4.69, 9.17) is 4.74 Å². The molecule has 0 N–H and O–H groups in total. The van der Waals surface area contributed by atoms with Crippen LogP contribution in [0.15, 0.2) is 18.6 Å². The summed E-state index contributed by atoms with van der Waals surface area (Å²) < 4.78 is 5.56. The highest BCUT2D eigenvalue weighted by molar-refractivity contribution is 5.38. The molecular weight excluding hydrogens is 178 g/mol. The van der Waals surface area contributed by atoms with Crippen LogP contribution in [0.5, 0.6) is 0 Å². The van der Waals surface area contributed by atoms with Crippen molar-refractivity contribution in [1.29, 1.82) is 0 Å². The molecule has 1 aromatic heterocycles. The predicted molar refractivity (Wildman–Crippen MR) is 54.3 cm³/mol. The Morgan fingerprint density at radius 1 is 1.50 bits per heavy atom. The number of anilines is 1. The van der Waals surface area contributed by atoms with E-state index in [0.717, 1.165) is 19.0 Å². The fourth-order valence-electron chi connectivity index (χ4n) is 1.71. The third kappa shape index (κ3) is 1.70. The smallest absolute Gasteiger partial charge is 0.132 e. The van der Waals surface area contributed by atoms with Crippen LogP contribution in [0.2, 0.25) is 0 Å². The molecule has 0 aromatic carbocycles. The summed E-state index contributed by atoms with van der Waals surface area (Å²) in [4.78, 5) is 10.4. The molecule has 1 saturated heterocycles. The Hall–Kier alpha value is -1.16. The van der Waals surface area contributed by atoms with Gasteiger partial charge in [0, 0.05) is 12.7 Å². The zero-order valence-corrected chi connectivity index (χ0v) is 8.55. The molecule has 14 heavy (non-hydrogen) atoms. The molecule has 0 amide bonds. The Morgan fingerprint density at radius 3 is 3.07 bits per heavy atom. The van der Waals surface area contributed by atoms with Gasteiger partial charge >= 0.3 is 0 Å². The Kier molecular flexibility index (Phi) is 2.63. The molecule has 2 heterocycles. The van der Waals surface area contributed by atoms with Gasteiger partial charge in [0.25, 0.3) is 0 Å². The monoisotopic (exact) mass is 193 g/mol. The summed E-state index contributed by atoms with van der Waals surface area (Å²) in [6, 6.07) is 2.31. The minimum absolute atomic E-state index is 0.263. The first kappa shape index (κ1) is 9.40. The molecule has 0 unspecified atom stereocenters. The predicted octanol–water partition coefficient (Wildman–Crippen LogP) is 1.09. The third-order valence-corrected chi connectivity index (χ3v) is 2.74. The standard InChI is InChI=1S/C10H15N3O/c1-8-9(2)14-6-5-13(8)10-3-4-11-7-12-10/h3-4,7-9H,5-6H2,1-2H3/t8-,9-/m0/s1. The topological polar surface area (TPSA) is 38.2 Å². The first-order valence-electron chi connectivity index (χ1n) is 4.93. The first-order valence-corrected chi connectivity index (χ1v) is 4.93. The molecule has 0 spiro atoms. The molecule has 2 rings (SSSR count). The lowest BCUT2D eigenvalue weighted by molar-refractivity contribution is 0.0281. The van der Waals surface area contributed by atoms with Crippen molar-refractivity contribution in [3.05, 3.63) is 18.6 Å². The van der Waals surface area contributed by atoms with Crippen LogP contribution in [0.4, 0.5) is 5.82 Å². The number of aromatic nitrogens is 2. The maximum absolute atomic E-state index is 5.56. The SMILES string of the molecule is C[C@@H]1OCCN(c2ccncn2)[C@H]1C. The molecule has 4 nitrogen and oxygen atoms in total. The van der Waals surface area contributed by atoms with Crippen LogP contribution in [0.1, 0.15) is 13.8 Å². The quantitative estimate of drug-likeness (QED) is 0.669. The molecule has 0 bridgehead atoms. The average molecular weight is 193 g/mol. The van der Waals surface area contributed by atoms with Crippen LogP contribution in [0.3, 0.4) is 0 Å². The van der Waals surface area contributed by atoms with Crippen LogP contribution in [0.25, 0.3) is 0 Å². The molecule has 0 saturated carbocycles. The fraction of sp³-hybridized carbons (Fsp3) is 0.600. The van der Waals surface area contributed by atoms with Crippen LogP contribution in [-0.4, -0.2) is 35.3 Å². The van der Waals surface area contributed by atoms with Crippen LogP contribution in [-0.2, 0) is 4.74 Å². The molecule has 4 heteroatoms. The first-order chi connectivity index (χ1) is 6.79. The second-order valence-corrected chi connectivity index (χ2v) is 3.58. The van der Waals surface area contributed by atoms with Crippen LogP contribution < -0.4 is 4.90 Å². The summed E-state index contributed by atoms with van der Waals surface area (Å²) in [5, 5.41) is 0. The highest BCUT2D eigenvalue weighted by Crippen LogP contribution is 2.19. The van der Waals surface area contributed by atoms with Crippen molar-refractivity contribution in [2.45, 2.75) is 26.0 Å². The summed E-state index contributed by atoms with van der Waals surface area (Å²) in [5.74, 6) is 0.989. The Labute approximate surface area is 83.9 Å². The number of hydrogen-bond acceptors (Lipinski definition) is 4. The summed E-state index contributed by atoms with van der Waals surface area (Å²) in [6.45, 7) is 5.93. The summed E-state index contributed by atoms with van der Waals surface area (Å²) >= 11 is 0. The van der Waals surface area contributed by atoms with Crippen LogP contribution >= 0.6 is 0 Å². The van der Waals surface area contributed by atoms with Crippen molar-refractivity contribution < 1.29 is 4.74 Å². The number of hydrogen-bond donors (Lipinski definition) is 0. The molecule has 1 aliphatic rings. The lowest BCUT2D eigenvalue weighted by atomic mass is 10.1. The zero-order chi connectivity index (χ0) is 9.97. The van der Waals surface area contributed by atoms with Gasteiger partial charge in [-0.1, -0.05) is 0 Å². The Balaban J connectivity index is 2.17. The summed E-state index contributed by atoms with van der Waals surface area (Å²) in [6.07, 6.45) is 3.62. The molecule has 76 valence electrons. The molecule has 2 atom stereocenters.